The highest BCUT2D eigenvalue weighted by Crippen LogP contribution is 2.35. The van der Waals surface area contributed by atoms with E-state index in [-0.39, 0.29) is 16.7 Å². The molecule has 148 valence electrons. The lowest BCUT2D eigenvalue weighted by atomic mass is 10.0. The van der Waals surface area contributed by atoms with Gasteiger partial charge in [-0.15, -0.1) is 0 Å². The van der Waals surface area contributed by atoms with Gasteiger partial charge < -0.3 is 13.7 Å². The molecule has 0 fully saturated rings. The fraction of sp³-hybridized carbons (Fsp3) is 0.130. The first-order valence-electron chi connectivity index (χ1n) is 9.09. The minimum Gasteiger partial charge on any atom is -0.497 e. The molecule has 0 bridgehead atoms. The van der Waals surface area contributed by atoms with Gasteiger partial charge in [-0.25, -0.2) is 0 Å². The Hall–Kier alpha value is -3.25. The molecule has 0 radical (unpaired) electrons. The van der Waals surface area contributed by atoms with E-state index in [2.05, 4.69) is 0 Å². The van der Waals surface area contributed by atoms with E-state index in [1.807, 2.05) is 37.3 Å². The normalized spacial score (nSPS) is 15.3. The smallest absolute Gasteiger partial charge is 0.339 e. The highest BCUT2D eigenvalue weighted by Gasteiger charge is 2.19. The van der Waals surface area contributed by atoms with Crippen LogP contribution in [0, 0.1) is 6.92 Å². The molecule has 0 saturated carbocycles. The van der Waals surface area contributed by atoms with Gasteiger partial charge in [0.05, 0.1) is 7.11 Å². The highest BCUT2D eigenvalue weighted by atomic mass is 32.2. The van der Waals surface area contributed by atoms with Crippen LogP contribution < -0.4 is 13.7 Å². The lowest BCUT2D eigenvalue weighted by molar-refractivity contribution is 0.250. The highest BCUT2D eigenvalue weighted by molar-refractivity contribution is 7.87. The van der Waals surface area contributed by atoms with Crippen LogP contribution in [0.25, 0.3) is 6.08 Å². The summed E-state index contributed by atoms with van der Waals surface area (Å²) in [5.74, 6) is 1.71. The summed E-state index contributed by atoms with van der Waals surface area (Å²) in [4.78, 5) is 0.122. The van der Waals surface area contributed by atoms with Crippen molar-refractivity contribution in [1.29, 1.82) is 0 Å². The quantitative estimate of drug-likeness (QED) is 0.561. The molecule has 5 nitrogen and oxygen atoms in total. The molecule has 0 amide bonds. The second kappa shape index (κ2) is 7.64. The number of benzene rings is 3. The zero-order valence-corrected chi connectivity index (χ0v) is 16.8. The zero-order valence-electron chi connectivity index (χ0n) is 16.0. The lowest BCUT2D eigenvalue weighted by Crippen LogP contribution is -2.11. The Bertz CT molecular complexity index is 1150. The first kappa shape index (κ1) is 19.1. The van der Waals surface area contributed by atoms with Crippen LogP contribution in [0.2, 0.25) is 0 Å². The SMILES string of the molecule is COc1ccc2c(c1)O[C@H](c1ccc(OS(=O)(=O)c3ccc(C)cc3)cc1)C=C2. The minimum atomic E-state index is -3.87. The fourth-order valence-electron chi connectivity index (χ4n) is 3.02. The summed E-state index contributed by atoms with van der Waals surface area (Å²) < 4.78 is 41.4. The van der Waals surface area contributed by atoms with Crippen LogP contribution in [0.4, 0.5) is 0 Å². The summed E-state index contributed by atoms with van der Waals surface area (Å²) >= 11 is 0. The number of methoxy groups -OCH3 is 1. The summed E-state index contributed by atoms with van der Waals surface area (Å²) in [6.07, 6.45) is 3.67. The van der Waals surface area contributed by atoms with Gasteiger partial charge in [-0.2, -0.15) is 8.42 Å². The van der Waals surface area contributed by atoms with E-state index >= 15 is 0 Å². The van der Waals surface area contributed by atoms with Crippen LogP contribution in [-0.2, 0) is 10.1 Å². The number of fused-ring (bicyclic) bond motifs is 1. The molecule has 0 saturated heterocycles. The maximum absolute atomic E-state index is 12.4. The predicted molar refractivity (Wildman–Crippen MR) is 111 cm³/mol. The monoisotopic (exact) mass is 408 g/mol. The van der Waals surface area contributed by atoms with Crippen LogP contribution in [-0.4, -0.2) is 15.5 Å². The van der Waals surface area contributed by atoms with Gasteiger partial charge in [0.15, 0.2) is 0 Å². The molecule has 1 heterocycles. The summed E-state index contributed by atoms with van der Waals surface area (Å²) in [5, 5.41) is 0. The van der Waals surface area contributed by atoms with Crippen LogP contribution in [0.3, 0.4) is 0 Å². The van der Waals surface area contributed by atoms with Crippen LogP contribution >= 0.6 is 0 Å². The largest absolute Gasteiger partial charge is 0.497 e. The van der Waals surface area contributed by atoms with Crippen molar-refractivity contribution in [3.8, 4) is 17.2 Å². The first-order chi connectivity index (χ1) is 13.9. The van der Waals surface area contributed by atoms with E-state index in [1.165, 1.54) is 12.1 Å². The molecule has 0 spiro atoms. The third-order valence-electron chi connectivity index (χ3n) is 4.65. The second-order valence-electron chi connectivity index (χ2n) is 6.72. The number of ether oxygens (including phenoxy) is 2. The van der Waals surface area contributed by atoms with Gasteiger partial charge in [0.2, 0.25) is 0 Å². The number of aryl methyl sites for hydroxylation is 1. The molecule has 4 rings (SSSR count). The Balaban J connectivity index is 1.50. The maximum atomic E-state index is 12.4. The molecule has 6 heteroatoms. The Kier molecular flexibility index (Phi) is 5.03. The van der Waals surface area contributed by atoms with Crippen molar-refractivity contribution >= 4 is 16.2 Å². The van der Waals surface area contributed by atoms with Gasteiger partial charge >= 0.3 is 10.1 Å². The van der Waals surface area contributed by atoms with Crippen molar-refractivity contribution < 1.29 is 22.1 Å². The predicted octanol–water partition coefficient (Wildman–Crippen LogP) is 4.92. The van der Waals surface area contributed by atoms with E-state index in [1.54, 1.807) is 43.5 Å². The van der Waals surface area contributed by atoms with E-state index in [0.29, 0.717) is 0 Å². The van der Waals surface area contributed by atoms with Gasteiger partial charge in [0.1, 0.15) is 28.2 Å². The van der Waals surface area contributed by atoms with E-state index in [4.69, 9.17) is 13.7 Å². The molecule has 1 atom stereocenters. The Morgan fingerprint density at radius 1 is 0.897 bits per heavy atom. The molecule has 29 heavy (non-hydrogen) atoms. The van der Waals surface area contributed by atoms with Crippen molar-refractivity contribution in [1.82, 2.24) is 0 Å². The lowest BCUT2D eigenvalue weighted by Gasteiger charge is -2.22. The van der Waals surface area contributed by atoms with Crippen LogP contribution in [0.5, 0.6) is 17.2 Å². The Morgan fingerprint density at radius 3 is 2.28 bits per heavy atom. The van der Waals surface area contributed by atoms with Crippen molar-refractivity contribution in [3.63, 3.8) is 0 Å². The van der Waals surface area contributed by atoms with Gasteiger partial charge in [0, 0.05) is 11.6 Å². The Labute approximate surface area is 170 Å². The molecule has 1 aliphatic heterocycles. The number of hydrogen-bond donors (Lipinski definition) is 0. The average molecular weight is 408 g/mol. The number of hydrogen-bond acceptors (Lipinski definition) is 5. The van der Waals surface area contributed by atoms with E-state index < -0.39 is 10.1 Å². The van der Waals surface area contributed by atoms with Crippen LogP contribution in [0.15, 0.2) is 77.7 Å². The van der Waals surface area contributed by atoms with E-state index in [0.717, 1.165) is 28.2 Å². The van der Waals surface area contributed by atoms with Crippen molar-refractivity contribution in [2.24, 2.45) is 0 Å². The fourth-order valence-corrected chi connectivity index (χ4v) is 3.95. The van der Waals surface area contributed by atoms with E-state index in [9.17, 15) is 8.42 Å². The minimum absolute atomic E-state index is 0.122. The third-order valence-corrected chi connectivity index (χ3v) is 5.91. The molecular formula is C23H20O5S. The molecule has 1 aliphatic rings. The molecule has 3 aromatic carbocycles. The standard InChI is InChI=1S/C23H20O5S/c1-16-3-12-21(13-4-16)29(24,25)28-19-9-5-17(6-10-19)22-14-8-18-7-11-20(26-2)15-23(18)27-22/h3-15,22H,1-2H3/t22-/m0/s1. The van der Waals surface area contributed by atoms with Crippen molar-refractivity contribution in [3.05, 3.63) is 89.5 Å². The summed E-state index contributed by atoms with van der Waals surface area (Å²) in [6, 6.07) is 19.0. The second-order valence-corrected chi connectivity index (χ2v) is 8.27. The molecule has 0 aliphatic carbocycles. The maximum Gasteiger partial charge on any atom is 0.339 e. The summed E-state index contributed by atoms with van der Waals surface area (Å²) in [6.45, 7) is 1.90. The van der Waals surface area contributed by atoms with Crippen molar-refractivity contribution in [2.75, 3.05) is 7.11 Å². The van der Waals surface area contributed by atoms with Gasteiger partial charge in [-0.05, 0) is 55.0 Å². The Morgan fingerprint density at radius 2 is 1.59 bits per heavy atom. The average Bonchev–Trinajstić information content (AvgIpc) is 2.73. The molecule has 0 aromatic heterocycles. The topological polar surface area (TPSA) is 61.8 Å². The summed E-state index contributed by atoms with van der Waals surface area (Å²) in [5.41, 5.74) is 2.84. The molecule has 0 N–H and O–H groups in total. The molecular weight excluding hydrogens is 388 g/mol. The van der Waals surface area contributed by atoms with Crippen LogP contribution in [0.1, 0.15) is 22.8 Å². The molecule has 0 unspecified atom stereocenters. The summed E-state index contributed by atoms with van der Waals surface area (Å²) in [7, 11) is -2.26. The van der Waals surface area contributed by atoms with Gasteiger partial charge in [0.25, 0.3) is 0 Å². The molecule has 3 aromatic rings. The zero-order chi connectivity index (χ0) is 20.4. The van der Waals surface area contributed by atoms with Gasteiger partial charge in [-0.3, -0.25) is 0 Å². The third kappa shape index (κ3) is 4.12. The van der Waals surface area contributed by atoms with Crippen molar-refractivity contribution in [2.45, 2.75) is 17.9 Å². The van der Waals surface area contributed by atoms with Gasteiger partial charge in [-0.1, -0.05) is 35.9 Å². The number of rotatable bonds is 5. The first-order valence-corrected chi connectivity index (χ1v) is 10.5.